The molecule has 0 aliphatic heterocycles. The molecule has 3 aromatic rings. The molecule has 3 rings (SSSR count). The summed E-state index contributed by atoms with van der Waals surface area (Å²) in [5.74, 6) is 0. The topological polar surface area (TPSA) is 23.8 Å². The van der Waals surface area contributed by atoms with Crippen molar-refractivity contribution < 1.29 is 0 Å². The number of aryl methyl sites for hydroxylation is 1. The van der Waals surface area contributed by atoms with Crippen LogP contribution in [0.3, 0.4) is 0 Å². The van der Waals surface area contributed by atoms with E-state index in [0.29, 0.717) is 20.5 Å². The van der Waals surface area contributed by atoms with E-state index in [1.165, 1.54) is 21.2 Å². The zero-order valence-electron chi connectivity index (χ0n) is 13.0. The van der Waals surface area contributed by atoms with Gasteiger partial charge in [-0.3, -0.25) is 0 Å². The molecule has 23 heavy (non-hydrogen) atoms. The van der Waals surface area contributed by atoms with E-state index < -0.39 is 0 Å². The minimum atomic E-state index is 0.457. The third kappa shape index (κ3) is 4.11. The molecule has 0 aromatic heterocycles. The average molecular weight is 362 g/mol. The first-order chi connectivity index (χ1) is 11.2. The standard InChI is InChI=1S/C21H17NSe/c1-16-2-4-18(5-3-16)15-23-21-12-10-20(11-13-21)19-8-6-17(14-22)7-9-19/h2-13H,15H2,1H3. The number of rotatable bonds is 4. The van der Waals surface area contributed by atoms with Gasteiger partial charge in [0.1, 0.15) is 0 Å². The summed E-state index contributed by atoms with van der Waals surface area (Å²) in [6, 6.07) is 27.5. The zero-order chi connectivity index (χ0) is 16.1. The molecule has 0 fully saturated rings. The maximum atomic E-state index is 8.86. The van der Waals surface area contributed by atoms with Crippen LogP contribution in [-0.4, -0.2) is 15.0 Å². The van der Waals surface area contributed by atoms with E-state index in [9.17, 15) is 0 Å². The van der Waals surface area contributed by atoms with Gasteiger partial charge in [-0.2, -0.15) is 0 Å². The Labute approximate surface area is 143 Å². The van der Waals surface area contributed by atoms with E-state index in [0.717, 1.165) is 10.9 Å². The molecule has 0 saturated heterocycles. The van der Waals surface area contributed by atoms with Crippen molar-refractivity contribution in [3.63, 3.8) is 0 Å². The van der Waals surface area contributed by atoms with Gasteiger partial charge < -0.3 is 0 Å². The van der Waals surface area contributed by atoms with E-state index >= 15 is 0 Å². The molecular weight excluding hydrogens is 345 g/mol. The van der Waals surface area contributed by atoms with Crippen LogP contribution in [0.5, 0.6) is 0 Å². The molecule has 2 heteroatoms. The average Bonchev–Trinajstić information content (AvgIpc) is 2.62. The number of benzene rings is 3. The number of hydrogen-bond acceptors (Lipinski definition) is 1. The molecule has 0 amide bonds. The molecule has 0 unspecified atom stereocenters. The normalized spacial score (nSPS) is 10.3. The first-order valence-corrected chi connectivity index (χ1v) is 9.60. The van der Waals surface area contributed by atoms with Crippen LogP contribution >= 0.6 is 0 Å². The van der Waals surface area contributed by atoms with Crippen molar-refractivity contribution in [1.29, 1.82) is 5.26 Å². The second-order valence-electron chi connectivity index (χ2n) is 5.49. The van der Waals surface area contributed by atoms with E-state index in [2.05, 4.69) is 61.5 Å². The van der Waals surface area contributed by atoms with Crippen LogP contribution < -0.4 is 4.46 Å². The predicted molar refractivity (Wildman–Crippen MR) is 96.9 cm³/mol. The Bertz CT molecular complexity index is 810. The second kappa shape index (κ2) is 7.29. The van der Waals surface area contributed by atoms with Gasteiger partial charge in [0.15, 0.2) is 0 Å². The Morgan fingerprint density at radius 3 is 1.91 bits per heavy atom. The summed E-state index contributed by atoms with van der Waals surface area (Å²) in [6.45, 7) is 2.12. The van der Waals surface area contributed by atoms with Crippen LogP contribution in [0.1, 0.15) is 16.7 Å². The van der Waals surface area contributed by atoms with Crippen molar-refractivity contribution in [1.82, 2.24) is 0 Å². The fourth-order valence-corrected chi connectivity index (χ4v) is 4.12. The summed E-state index contributed by atoms with van der Waals surface area (Å²) in [5, 5.41) is 9.98. The van der Waals surface area contributed by atoms with Crippen LogP contribution in [0.15, 0.2) is 72.8 Å². The quantitative estimate of drug-likeness (QED) is 0.642. The molecule has 0 N–H and O–H groups in total. The Balaban J connectivity index is 1.66. The molecule has 1 nitrogen and oxygen atoms in total. The molecule has 0 aliphatic carbocycles. The van der Waals surface area contributed by atoms with Crippen molar-refractivity contribution in [2.45, 2.75) is 12.2 Å². The predicted octanol–water partition coefficient (Wildman–Crippen LogP) is 4.06. The van der Waals surface area contributed by atoms with Gasteiger partial charge in [-0.25, -0.2) is 0 Å². The Hall–Kier alpha value is -2.33. The van der Waals surface area contributed by atoms with Gasteiger partial charge >= 0.3 is 144 Å². The van der Waals surface area contributed by atoms with Gasteiger partial charge in [0.2, 0.25) is 0 Å². The summed E-state index contributed by atoms with van der Waals surface area (Å²) in [7, 11) is 0. The Morgan fingerprint density at radius 1 is 0.783 bits per heavy atom. The van der Waals surface area contributed by atoms with Crippen molar-refractivity contribution in [2.24, 2.45) is 0 Å². The third-order valence-corrected chi connectivity index (χ3v) is 6.00. The first kappa shape index (κ1) is 15.6. The molecule has 0 spiro atoms. The SMILES string of the molecule is Cc1ccc(C[Se]c2ccc(-c3ccc(C#N)cc3)cc2)cc1. The van der Waals surface area contributed by atoms with Crippen LogP contribution in [0.25, 0.3) is 11.1 Å². The van der Waals surface area contributed by atoms with Gasteiger partial charge in [-0.15, -0.1) is 0 Å². The van der Waals surface area contributed by atoms with Crippen molar-refractivity contribution in [2.75, 3.05) is 0 Å². The number of nitrogens with zero attached hydrogens (tertiary/aromatic N) is 1. The third-order valence-electron chi connectivity index (χ3n) is 3.73. The summed E-state index contributed by atoms with van der Waals surface area (Å²) < 4.78 is 1.41. The van der Waals surface area contributed by atoms with Crippen molar-refractivity contribution in [3.05, 3.63) is 89.5 Å². The summed E-state index contributed by atoms with van der Waals surface area (Å²) in [5.41, 5.74) is 5.78. The van der Waals surface area contributed by atoms with Crippen molar-refractivity contribution >= 4 is 19.4 Å². The molecule has 0 bridgehead atoms. The van der Waals surface area contributed by atoms with Gasteiger partial charge in [0.05, 0.1) is 0 Å². The van der Waals surface area contributed by atoms with Crippen LogP contribution in [0.4, 0.5) is 0 Å². The summed E-state index contributed by atoms with van der Waals surface area (Å²) in [6.07, 6.45) is 0. The minimum absolute atomic E-state index is 0.457. The monoisotopic (exact) mass is 363 g/mol. The fraction of sp³-hybridized carbons (Fsp3) is 0.0952. The molecule has 0 saturated carbocycles. The maximum absolute atomic E-state index is 8.86. The van der Waals surface area contributed by atoms with E-state index in [4.69, 9.17) is 5.26 Å². The summed E-state index contributed by atoms with van der Waals surface area (Å²) in [4.78, 5) is 0. The number of hydrogen-bond donors (Lipinski definition) is 0. The zero-order valence-corrected chi connectivity index (χ0v) is 14.7. The Morgan fingerprint density at radius 2 is 1.35 bits per heavy atom. The van der Waals surface area contributed by atoms with Gasteiger partial charge in [-0.05, 0) is 0 Å². The van der Waals surface area contributed by atoms with E-state index in [1.807, 2.05) is 24.3 Å². The van der Waals surface area contributed by atoms with Crippen molar-refractivity contribution in [3.8, 4) is 17.2 Å². The molecule has 112 valence electrons. The van der Waals surface area contributed by atoms with E-state index in [-0.39, 0.29) is 0 Å². The molecule has 0 aliphatic rings. The van der Waals surface area contributed by atoms with Gasteiger partial charge in [-0.1, -0.05) is 0 Å². The molecule has 0 atom stereocenters. The van der Waals surface area contributed by atoms with Crippen LogP contribution in [-0.2, 0) is 5.32 Å². The van der Waals surface area contributed by atoms with E-state index in [1.54, 1.807) is 0 Å². The second-order valence-corrected chi connectivity index (χ2v) is 7.69. The molecular formula is C21H17NSe. The molecule has 0 radical (unpaired) electrons. The molecule has 0 heterocycles. The van der Waals surface area contributed by atoms with Gasteiger partial charge in [0, 0.05) is 0 Å². The first-order valence-electron chi connectivity index (χ1n) is 7.53. The van der Waals surface area contributed by atoms with Crippen LogP contribution in [0.2, 0.25) is 0 Å². The fourth-order valence-electron chi connectivity index (χ4n) is 2.33. The van der Waals surface area contributed by atoms with Gasteiger partial charge in [0.25, 0.3) is 0 Å². The number of nitriles is 1. The molecule has 3 aromatic carbocycles. The van der Waals surface area contributed by atoms with Crippen LogP contribution in [0, 0.1) is 18.3 Å². The summed E-state index contributed by atoms with van der Waals surface area (Å²) >= 11 is 0.457. The Kier molecular flexibility index (Phi) is 4.93.